The van der Waals surface area contributed by atoms with E-state index >= 15 is 0 Å². The molecule has 0 atom stereocenters. The maximum atomic E-state index is 9.14. The highest BCUT2D eigenvalue weighted by Crippen LogP contribution is 1.97. The SMILES string of the molecule is [Cl-].[N+]=C(CCl)N1CCOCC1. The summed E-state index contributed by atoms with van der Waals surface area (Å²) in [7, 11) is 0. The third kappa shape index (κ3) is 3.27. The maximum Gasteiger partial charge on any atom is 0.362 e. The molecule has 1 aliphatic rings. The van der Waals surface area contributed by atoms with Gasteiger partial charge in [0.25, 0.3) is 0 Å². The van der Waals surface area contributed by atoms with Gasteiger partial charge in [-0.1, -0.05) is 0 Å². The fourth-order valence-electron chi connectivity index (χ4n) is 0.906. The van der Waals surface area contributed by atoms with Gasteiger partial charge < -0.3 is 17.1 Å². The van der Waals surface area contributed by atoms with Crippen molar-refractivity contribution >= 4 is 17.4 Å². The molecule has 0 amide bonds. The molecule has 11 heavy (non-hydrogen) atoms. The van der Waals surface area contributed by atoms with E-state index in [0.29, 0.717) is 13.2 Å². The minimum Gasteiger partial charge on any atom is -1.00 e. The predicted molar refractivity (Wildman–Crippen MR) is 40.3 cm³/mol. The van der Waals surface area contributed by atoms with Gasteiger partial charge in [0, 0.05) is 0 Å². The Hall–Kier alpha value is 0.01000. The number of rotatable bonds is 1. The van der Waals surface area contributed by atoms with Crippen molar-refractivity contribution in [3.63, 3.8) is 0 Å². The van der Waals surface area contributed by atoms with Crippen LogP contribution in [0.25, 0.3) is 0 Å². The molecule has 0 N–H and O–H groups in total. The van der Waals surface area contributed by atoms with Gasteiger partial charge in [0.2, 0.25) is 0 Å². The summed E-state index contributed by atoms with van der Waals surface area (Å²) in [6.45, 7) is 2.86. The Morgan fingerprint density at radius 1 is 1.45 bits per heavy atom. The van der Waals surface area contributed by atoms with E-state index in [4.69, 9.17) is 21.7 Å². The van der Waals surface area contributed by atoms with Gasteiger partial charge >= 0.3 is 5.84 Å². The van der Waals surface area contributed by atoms with Crippen LogP contribution in [0.5, 0.6) is 0 Å². The fourth-order valence-corrected chi connectivity index (χ4v) is 1.08. The molecular formula is C6H10Cl2N2O. The van der Waals surface area contributed by atoms with Crippen LogP contribution in [0.3, 0.4) is 0 Å². The summed E-state index contributed by atoms with van der Waals surface area (Å²) in [6, 6.07) is 0. The van der Waals surface area contributed by atoms with Crippen LogP contribution < -0.4 is 17.8 Å². The molecule has 1 fully saturated rings. The predicted octanol–water partition coefficient (Wildman–Crippen LogP) is -3.24. The Balaban J connectivity index is 0.000001000. The van der Waals surface area contributed by atoms with Gasteiger partial charge in [-0.3, -0.25) is 4.90 Å². The second kappa shape index (κ2) is 5.63. The van der Waals surface area contributed by atoms with Crippen molar-refractivity contribution in [2.24, 2.45) is 0 Å². The van der Waals surface area contributed by atoms with E-state index in [1.807, 2.05) is 4.90 Å². The molecule has 0 aromatic rings. The number of hydrogen-bond donors (Lipinski definition) is 0. The highest BCUT2D eigenvalue weighted by molar-refractivity contribution is 6.27. The molecule has 5 heteroatoms. The van der Waals surface area contributed by atoms with Gasteiger partial charge in [-0.2, -0.15) is 0 Å². The molecule has 1 aliphatic heterocycles. The van der Waals surface area contributed by atoms with E-state index in [9.17, 15) is 0 Å². The van der Waals surface area contributed by atoms with Gasteiger partial charge in [-0.05, 0) is 0 Å². The van der Waals surface area contributed by atoms with Crippen molar-refractivity contribution in [2.45, 2.75) is 0 Å². The van der Waals surface area contributed by atoms with Crippen molar-refractivity contribution in [3.05, 3.63) is 0 Å². The van der Waals surface area contributed by atoms with E-state index in [1.165, 1.54) is 0 Å². The molecule has 1 rings (SSSR count). The molecule has 0 aromatic heterocycles. The first-order valence-corrected chi connectivity index (χ1v) is 3.81. The van der Waals surface area contributed by atoms with Crippen LogP contribution in [-0.4, -0.2) is 42.9 Å². The molecule has 2 radical (unpaired) electrons. The molecule has 1 saturated heterocycles. The molecular weight excluding hydrogens is 187 g/mol. The van der Waals surface area contributed by atoms with E-state index < -0.39 is 0 Å². The minimum atomic E-state index is 0. The van der Waals surface area contributed by atoms with E-state index in [-0.39, 0.29) is 24.1 Å². The number of nitrogens with zero attached hydrogens (tertiary/aromatic N) is 2. The number of hydrogen-bond acceptors (Lipinski definition) is 1. The Morgan fingerprint density at radius 2 is 2.00 bits per heavy atom. The standard InChI is InChI=1S/C6H10ClN2O.ClH/c7-5-6(8)9-1-3-10-4-2-9;/h1-5H2;1H/q+1;/p-1. The third-order valence-electron chi connectivity index (χ3n) is 1.50. The van der Waals surface area contributed by atoms with Gasteiger partial charge in [0.15, 0.2) is 5.41 Å². The van der Waals surface area contributed by atoms with Crippen LogP contribution in [0.2, 0.25) is 0 Å². The topological polar surface area (TPSA) is 34.8 Å². The lowest BCUT2D eigenvalue weighted by atomic mass is 10.4. The van der Waals surface area contributed by atoms with Crippen LogP contribution in [0.1, 0.15) is 0 Å². The third-order valence-corrected chi connectivity index (χ3v) is 1.73. The van der Waals surface area contributed by atoms with Gasteiger partial charge in [0.05, 0.1) is 13.2 Å². The van der Waals surface area contributed by atoms with Crippen LogP contribution in [0, 0.1) is 0 Å². The average molecular weight is 197 g/mol. The second-order valence-electron chi connectivity index (χ2n) is 2.15. The first-order chi connectivity index (χ1) is 4.84. The first kappa shape index (κ1) is 11.0. The lowest BCUT2D eigenvalue weighted by Gasteiger charge is -2.19. The summed E-state index contributed by atoms with van der Waals surface area (Å²) in [5.41, 5.74) is 0. The van der Waals surface area contributed by atoms with Crippen molar-refractivity contribution in [1.82, 2.24) is 10.3 Å². The first-order valence-electron chi connectivity index (χ1n) is 3.28. The Kier molecular flexibility index (Phi) is 5.64. The van der Waals surface area contributed by atoms with Crippen LogP contribution in [0.15, 0.2) is 0 Å². The summed E-state index contributed by atoms with van der Waals surface area (Å²) in [5.74, 6) is 0.449. The van der Waals surface area contributed by atoms with Gasteiger partial charge in [-0.15, -0.1) is 11.6 Å². The number of ether oxygens (including phenoxy) is 1. The van der Waals surface area contributed by atoms with Crippen molar-refractivity contribution < 1.29 is 17.1 Å². The van der Waals surface area contributed by atoms with Crippen LogP contribution >= 0.6 is 11.6 Å². The molecule has 3 nitrogen and oxygen atoms in total. The van der Waals surface area contributed by atoms with Crippen molar-refractivity contribution in [2.75, 3.05) is 32.2 Å². The van der Waals surface area contributed by atoms with Crippen LogP contribution in [0.4, 0.5) is 0 Å². The largest absolute Gasteiger partial charge is 1.00 e. The molecule has 0 aromatic carbocycles. The second-order valence-corrected chi connectivity index (χ2v) is 2.42. The highest BCUT2D eigenvalue weighted by Gasteiger charge is 2.22. The van der Waals surface area contributed by atoms with Crippen molar-refractivity contribution in [1.29, 1.82) is 0 Å². The smallest absolute Gasteiger partial charge is 0.362 e. The summed E-state index contributed by atoms with van der Waals surface area (Å²) >= 11 is 5.42. The highest BCUT2D eigenvalue weighted by atomic mass is 35.5. The molecule has 0 unspecified atom stereocenters. The normalized spacial score (nSPS) is 17.4. The number of halogens is 2. The average Bonchev–Trinajstić information content (AvgIpc) is 2.05. The van der Waals surface area contributed by atoms with E-state index in [0.717, 1.165) is 13.1 Å². The lowest BCUT2D eigenvalue weighted by molar-refractivity contribution is -0.00000295. The van der Waals surface area contributed by atoms with E-state index in [2.05, 4.69) is 0 Å². The maximum absolute atomic E-state index is 9.14. The molecule has 1 heterocycles. The molecule has 0 saturated carbocycles. The zero-order chi connectivity index (χ0) is 7.40. The van der Waals surface area contributed by atoms with Gasteiger partial charge in [-0.25, -0.2) is 0 Å². The molecule has 0 aliphatic carbocycles. The quantitative estimate of drug-likeness (QED) is 0.251. The number of morpholine rings is 1. The summed E-state index contributed by atoms with van der Waals surface area (Å²) in [5, 5.41) is 9.14. The molecule has 64 valence electrons. The summed E-state index contributed by atoms with van der Waals surface area (Å²) < 4.78 is 5.09. The van der Waals surface area contributed by atoms with E-state index in [1.54, 1.807) is 0 Å². The van der Waals surface area contributed by atoms with Crippen LogP contribution in [-0.2, 0) is 4.74 Å². The zero-order valence-corrected chi connectivity index (χ0v) is 7.61. The summed E-state index contributed by atoms with van der Waals surface area (Å²) in [4.78, 5) is 1.83. The Bertz CT molecular complexity index is 126. The number of alkyl halides is 1. The lowest BCUT2D eigenvalue weighted by Crippen LogP contribution is -3.00. The minimum absolute atomic E-state index is 0. The Morgan fingerprint density at radius 3 is 2.45 bits per heavy atom. The fraction of sp³-hybridized carbons (Fsp3) is 0.833. The molecule has 0 bridgehead atoms. The number of amidine groups is 1. The molecule has 0 spiro atoms. The van der Waals surface area contributed by atoms with Gasteiger partial charge in [0.1, 0.15) is 19.0 Å². The zero-order valence-electron chi connectivity index (χ0n) is 6.09. The summed E-state index contributed by atoms with van der Waals surface area (Å²) in [6.07, 6.45) is 0. The Labute approximate surface area is 77.6 Å². The monoisotopic (exact) mass is 196 g/mol. The van der Waals surface area contributed by atoms with Crippen molar-refractivity contribution in [3.8, 4) is 0 Å².